The highest BCUT2D eigenvalue weighted by Crippen LogP contribution is 2.35. The molecule has 1 fully saturated rings. The van der Waals surface area contributed by atoms with Crippen LogP contribution in [0.1, 0.15) is 64.8 Å². The zero-order valence-corrected chi connectivity index (χ0v) is 14.3. The number of aryl methyl sites for hydroxylation is 1. The lowest BCUT2D eigenvalue weighted by molar-refractivity contribution is 0.512. The molecule has 0 radical (unpaired) electrons. The second-order valence-corrected chi connectivity index (χ2v) is 6.68. The van der Waals surface area contributed by atoms with Crippen molar-refractivity contribution in [1.29, 1.82) is 0 Å². The van der Waals surface area contributed by atoms with Crippen molar-refractivity contribution in [3.63, 3.8) is 0 Å². The normalized spacial score (nSPS) is 17.3. The Morgan fingerprint density at radius 1 is 1.19 bits per heavy atom. The maximum absolute atomic E-state index is 4.88. The van der Waals surface area contributed by atoms with E-state index in [1.165, 1.54) is 18.4 Å². The molecular formula is C17H30N4. The van der Waals surface area contributed by atoms with Crippen molar-refractivity contribution in [2.24, 2.45) is 0 Å². The molecule has 0 aromatic carbocycles. The van der Waals surface area contributed by atoms with Gasteiger partial charge in [-0.3, -0.25) is 0 Å². The lowest BCUT2D eigenvalue weighted by Gasteiger charge is -2.34. The predicted octanol–water partition coefficient (Wildman–Crippen LogP) is 3.94. The number of nitrogens with zero attached hydrogens (tertiary/aromatic N) is 3. The van der Waals surface area contributed by atoms with Crippen LogP contribution in [0, 0.1) is 6.92 Å². The van der Waals surface area contributed by atoms with E-state index >= 15 is 0 Å². The van der Waals surface area contributed by atoms with Crippen LogP contribution in [0.2, 0.25) is 0 Å². The zero-order chi connectivity index (χ0) is 15.5. The van der Waals surface area contributed by atoms with Crippen LogP contribution in [0.4, 0.5) is 11.6 Å². The fraction of sp³-hybridized carbons (Fsp3) is 0.765. The van der Waals surface area contributed by atoms with Crippen LogP contribution >= 0.6 is 0 Å². The molecule has 1 aromatic rings. The van der Waals surface area contributed by atoms with E-state index in [9.17, 15) is 0 Å². The highest BCUT2D eigenvalue weighted by Gasteiger charge is 2.34. The third-order valence-electron chi connectivity index (χ3n) is 4.34. The summed E-state index contributed by atoms with van der Waals surface area (Å²) in [5, 5.41) is 3.47. The van der Waals surface area contributed by atoms with E-state index in [1.54, 1.807) is 0 Å². The molecule has 4 heteroatoms. The highest BCUT2D eigenvalue weighted by atomic mass is 15.3. The summed E-state index contributed by atoms with van der Waals surface area (Å²) in [5.41, 5.74) is 1.39. The molecular weight excluding hydrogens is 260 g/mol. The molecule has 0 aliphatic carbocycles. The van der Waals surface area contributed by atoms with Crippen molar-refractivity contribution in [2.75, 3.05) is 23.3 Å². The van der Waals surface area contributed by atoms with Crippen molar-refractivity contribution in [3.05, 3.63) is 11.4 Å². The zero-order valence-electron chi connectivity index (χ0n) is 14.3. The van der Waals surface area contributed by atoms with E-state index in [0.717, 1.165) is 49.8 Å². The molecule has 1 N–H and O–H groups in total. The predicted molar refractivity (Wildman–Crippen MR) is 90.2 cm³/mol. The van der Waals surface area contributed by atoms with E-state index in [-0.39, 0.29) is 5.54 Å². The van der Waals surface area contributed by atoms with Crippen LogP contribution < -0.4 is 10.2 Å². The summed E-state index contributed by atoms with van der Waals surface area (Å²) in [6.07, 6.45) is 5.62. The maximum Gasteiger partial charge on any atom is 0.137 e. The number of aromatic nitrogens is 2. The molecule has 0 unspecified atom stereocenters. The van der Waals surface area contributed by atoms with Crippen LogP contribution in [0.15, 0.2) is 0 Å². The topological polar surface area (TPSA) is 41.1 Å². The van der Waals surface area contributed by atoms with Gasteiger partial charge < -0.3 is 10.2 Å². The van der Waals surface area contributed by atoms with Crippen LogP contribution in [-0.2, 0) is 6.42 Å². The van der Waals surface area contributed by atoms with E-state index in [1.807, 2.05) is 0 Å². The second kappa shape index (κ2) is 6.63. The first-order valence-electron chi connectivity index (χ1n) is 8.38. The standard InChI is InChI=1S/C17H30N4/c1-6-9-14-19-15(18-11-7-2)13(3)16(20-14)21-12-8-10-17(21,4)5/h6-12H2,1-5H3,(H,18,19,20). The molecule has 2 rings (SSSR count). The lowest BCUT2D eigenvalue weighted by Crippen LogP contribution is -2.39. The summed E-state index contributed by atoms with van der Waals surface area (Å²) in [7, 11) is 0. The molecule has 118 valence electrons. The average molecular weight is 290 g/mol. The second-order valence-electron chi connectivity index (χ2n) is 6.68. The molecule has 0 atom stereocenters. The largest absolute Gasteiger partial charge is 0.370 e. The van der Waals surface area contributed by atoms with E-state index in [2.05, 4.69) is 44.8 Å². The molecule has 1 aromatic heterocycles. The van der Waals surface area contributed by atoms with Crippen molar-refractivity contribution < 1.29 is 0 Å². The lowest BCUT2D eigenvalue weighted by atomic mass is 10.0. The first-order chi connectivity index (χ1) is 9.99. The summed E-state index contributed by atoms with van der Waals surface area (Å²) in [4.78, 5) is 12.1. The Hall–Kier alpha value is -1.32. The minimum atomic E-state index is 0.199. The van der Waals surface area contributed by atoms with Crippen molar-refractivity contribution in [1.82, 2.24) is 9.97 Å². The third-order valence-corrected chi connectivity index (χ3v) is 4.34. The maximum atomic E-state index is 4.88. The molecule has 1 saturated heterocycles. The fourth-order valence-corrected chi connectivity index (χ4v) is 3.06. The summed E-state index contributed by atoms with van der Waals surface area (Å²) < 4.78 is 0. The first kappa shape index (κ1) is 16.1. The Bertz CT molecular complexity index is 482. The molecule has 21 heavy (non-hydrogen) atoms. The smallest absolute Gasteiger partial charge is 0.137 e. The molecule has 1 aliphatic heterocycles. The molecule has 0 spiro atoms. The van der Waals surface area contributed by atoms with Gasteiger partial charge in [-0.05, 0) is 46.5 Å². The first-order valence-corrected chi connectivity index (χ1v) is 8.38. The van der Waals surface area contributed by atoms with E-state index in [0.29, 0.717) is 0 Å². The van der Waals surface area contributed by atoms with Gasteiger partial charge in [0, 0.05) is 30.6 Å². The number of nitrogens with one attached hydrogen (secondary N) is 1. The van der Waals surface area contributed by atoms with Crippen molar-refractivity contribution in [3.8, 4) is 0 Å². The number of anilines is 2. The van der Waals surface area contributed by atoms with Gasteiger partial charge in [-0.2, -0.15) is 0 Å². The van der Waals surface area contributed by atoms with Crippen LogP contribution in [-0.4, -0.2) is 28.6 Å². The molecule has 0 amide bonds. The number of hydrogen-bond donors (Lipinski definition) is 1. The molecule has 0 bridgehead atoms. The van der Waals surface area contributed by atoms with Gasteiger partial charge in [-0.15, -0.1) is 0 Å². The Morgan fingerprint density at radius 2 is 1.95 bits per heavy atom. The van der Waals surface area contributed by atoms with Gasteiger partial charge in [-0.1, -0.05) is 13.8 Å². The number of rotatable bonds is 6. The minimum Gasteiger partial charge on any atom is -0.370 e. The molecule has 2 heterocycles. The van der Waals surface area contributed by atoms with E-state index < -0.39 is 0 Å². The minimum absolute atomic E-state index is 0.199. The Labute approximate surface area is 129 Å². The van der Waals surface area contributed by atoms with Crippen molar-refractivity contribution in [2.45, 2.75) is 72.3 Å². The van der Waals surface area contributed by atoms with Crippen LogP contribution in [0.5, 0.6) is 0 Å². The average Bonchev–Trinajstić information content (AvgIpc) is 2.79. The summed E-state index contributed by atoms with van der Waals surface area (Å²) in [6, 6.07) is 0. The van der Waals surface area contributed by atoms with E-state index in [4.69, 9.17) is 9.97 Å². The highest BCUT2D eigenvalue weighted by molar-refractivity contribution is 5.60. The van der Waals surface area contributed by atoms with Crippen molar-refractivity contribution >= 4 is 11.6 Å². The summed E-state index contributed by atoms with van der Waals surface area (Å²) in [6.45, 7) is 13.2. The summed E-state index contributed by atoms with van der Waals surface area (Å²) in [5.74, 6) is 3.13. The van der Waals surface area contributed by atoms with Crippen LogP contribution in [0.25, 0.3) is 0 Å². The van der Waals surface area contributed by atoms with Gasteiger partial charge in [0.2, 0.25) is 0 Å². The SMILES string of the molecule is CCCNc1nc(CCC)nc(N2CCCC2(C)C)c1C. The van der Waals surface area contributed by atoms with Gasteiger partial charge in [0.1, 0.15) is 17.5 Å². The fourth-order valence-electron chi connectivity index (χ4n) is 3.06. The van der Waals surface area contributed by atoms with Gasteiger partial charge in [-0.25, -0.2) is 9.97 Å². The Kier molecular flexibility index (Phi) is 5.07. The van der Waals surface area contributed by atoms with Crippen LogP contribution in [0.3, 0.4) is 0 Å². The quantitative estimate of drug-likeness (QED) is 0.861. The Morgan fingerprint density at radius 3 is 2.52 bits per heavy atom. The van der Waals surface area contributed by atoms with Gasteiger partial charge in [0.15, 0.2) is 0 Å². The molecule has 1 aliphatic rings. The molecule has 4 nitrogen and oxygen atoms in total. The monoisotopic (exact) mass is 290 g/mol. The molecule has 0 saturated carbocycles. The third kappa shape index (κ3) is 3.47. The van der Waals surface area contributed by atoms with Gasteiger partial charge >= 0.3 is 0 Å². The Balaban J connectivity index is 2.40. The van der Waals surface area contributed by atoms with Gasteiger partial charge in [0.25, 0.3) is 0 Å². The van der Waals surface area contributed by atoms with Gasteiger partial charge in [0.05, 0.1) is 0 Å². The summed E-state index contributed by atoms with van der Waals surface area (Å²) >= 11 is 0. The number of hydrogen-bond acceptors (Lipinski definition) is 4.